The summed E-state index contributed by atoms with van der Waals surface area (Å²) in [6.45, 7) is 3.77. The molecule has 0 atom stereocenters. The number of carbonyl (C=O) groups excluding carboxylic acids is 2. The average Bonchev–Trinajstić information content (AvgIpc) is 3.05. The minimum absolute atomic E-state index is 0.0744. The molecule has 0 saturated heterocycles. The number of ether oxygens (including phenoxy) is 1. The number of hydrogen-bond donors (Lipinski definition) is 0. The van der Waals surface area contributed by atoms with Crippen molar-refractivity contribution in [3.8, 4) is 0 Å². The van der Waals surface area contributed by atoms with Crippen LogP contribution in [0.4, 0.5) is 5.69 Å². The molecule has 0 spiro atoms. The first-order valence-corrected chi connectivity index (χ1v) is 11.0. The topological polar surface area (TPSA) is 104 Å². The fourth-order valence-corrected chi connectivity index (χ4v) is 4.68. The van der Waals surface area contributed by atoms with Crippen molar-refractivity contribution in [2.45, 2.75) is 25.3 Å². The molecule has 0 aliphatic heterocycles. The van der Waals surface area contributed by atoms with E-state index < -0.39 is 16.8 Å². The van der Waals surface area contributed by atoms with Crippen molar-refractivity contribution >= 4 is 50.9 Å². The van der Waals surface area contributed by atoms with Crippen molar-refractivity contribution in [1.82, 2.24) is 4.57 Å². The van der Waals surface area contributed by atoms with E-state index in [0.717, 1.165) is 22.0 Å². The zero-order valence-corrected chi connectivity index (χ0v) is 18.0. The maximum atomic E-state index is 12.9. The highest BCUT2D eigenvalue weighted by Crippen LogP contribution is 2.25. The quantitative estimate of drug-likeness (QED) is 0.235. The van der Waals surface area contributed by atoms with Gasteiger partial charge in [0.15, 0.2) is 4.80 Å². The molecule has 0 fully saturated rings. The zero-order chi connectivity index (χ0) is 21.7. The van der Waals surface area contributed by atoms with Crippen molar-refractivity contribution in [2.75, 3.05) is 12.4 Å². The van der Waals surface area contributed by atoms with Gasteiger partial charge in [-0.3, -0.25) is 19.7 Å². The minimum atomic E-state index is -0.491. The Labute approximate surface area is 180 Å². The summed E-state index contributed by atoms with van der Waals surface area (Å²) in [5.74, 6) is -0.115. The van der Waals surface area contributed by atoms with Crippen LogP contribution in [0.3, 0.4) is 0 Å². The summed E-state index contributed by atoms with van der Waals surface area (Å²) < 4.78 is 7.13. The van der Waals surface area contributed by atoms with E-state index in [1.165, 1.54) is 23.9 Å². The van der Waals surface area contributed by atoms with Crippen LogP contribution >= 0.6 is 23.1 Å². The van der Waals surface area contributed by atoms with Crippen LogP contribution in [-0.4, -0.2) is 33.7 Å². The van der Waals surface area contributed by atoms with Gasteiger partial charge in [-0.25, -0.2) is 0 Å². The number of fused-ring (bicyclic) bond motifs is 1. The maximum absolute atomic E-state index is 12.9. The monoisotopic (exact) mass is 445 g/mol. The van der Waals surface area contributed by atoms with Gasteiger partial charge in [0, 0.05) is 17.0 Å². The smallest absolute Gasteiger partial charge is 0.326 e. The van der Waals surface area contributed by atoms with Gasteiger partial charge >= 0.3 is 5.97 Å². The first kappa shape index (κ1) is 21.7. The number of thiazole rings is 1. The normalized spacial score (nSPS) is 11.6. The van der Waals surface area contributed by atoms with E-state index in [2.05, 4.69) is 4.99 Å². The molecule has 0 bridgehead atoms. The lowest BCUT2D eigenvalue weighted by Crippen LogP contribution is -2.23. The fraction of sp³-hybridized carbons (Fsp3) is 0.250. The number of rotatable bonds is 7. The van der Waals surface area contributed by atoms with Crippen LogP contribution in [0.25, 0.3) is 10.2 Å². The maximum Gasteiger partial charge on any atom is 0.326 e. The molecule has 1 heterocycles. The number of nitrogens with zero attached hydrogens (tertiary/aromatic N) is 3. The fourth-order valence-electron chi connectivity index (χ4n) is 2.82. The van der Waals surface area contributed by atoms with E-state index in [9.17, 15) is 19.7 Å². The zero-order valence-electron chi connectivity index (χ0n) is 16.4. The van der Waals surface area contributed by atoms with Crippen molar-refractivity contribution in [2.24, 2.45) is 4.99 Å². The van der Waals surface area contributed by atoms with Crippen LogP contribution in [0.15, 0.2) is 52.4 Å². The number of benzene rings is 2. The van der Waals surface area contributed by atoms with Gasteiger partial charge in [-0.05, 0) is 30.9 Å². The summed E-state index contributed by atoms with van der Waals surface area (Å²) in [6.07, 6.45) is 0. The van der Waals surface area contributed by atoms with Crippen molar-refractivity contribution < 1.29 is 19.2 Å². The molecular formula is C20H19N3O5S2. The van der Waals surface area contributed by atoms with Crippen LogP contribution < -0.4 is 4.80 Å². The van der Waals surface area contributed by atoms with Crippen LogP contribution in [0.1, 0.15) is 24.2 Å². The second-order valence-corrected chi connectivity index (χ2v) is 8.35. The SMILES string of the molecule is CCOC(=O)Cn1c(=NC(=O)c2ccccc2SCC)sc2cc([N+](=O)[O-])ccc21. The van der Waals surface area contributed by atoms with Gasteiger partial charge in [0.2, 0.25) is 0 Å². The van der Waals surface area contributed by atoms with Gasteiger partial charge in [0.25, 0.3) is 11.6 Å². The number of esters is 1. The summed E-state index contributed by atoms with van der Waals surface area (Å²) in [5.41, 5.74) is 0.964. The lowest BCUT2D eigenvalue weighted by molar-refractivity contribution is -0.384. The highest BCUT2D eigenvalue weighted by molar-refractivity contribution is 7.99. The van der Waals surface area contributed by atoms with Gasteiger partial charge < -0.3 is 9.30 Å². The summed E-state index contributed by atoms with van der Waals surface area (Å²) >= 11 is 2.65. The third kappa shape index (κ3) is 4.77. The minimum Gasteiger partial charge on any atom is -0.465 e. The third-order valence-electron chi connectivity index (χ3n) is 4.08. The third-order valence-corrected chi connectivity index (χ3v) is 6.08. The molecule has 10 heteroatoms. The highest BCUT2D eigenvalue weighted by Gasteiger charge is 2.16. The van der Waals surface area contributed by atoms with E-state index in [1.807, 2.05) is 19.1 Å². The predicted octanol–water partition coefficient (Wildman–Crippen LogP) is 4.03. The Balaban J connectivity index is 2.14. The van der Waals surface area contributed by atoms with Crippen LogP contribution in [-0.2, 0) is 16.1 Å². The molecule has 0 N–H and O–H groups in total. The van der Waals surface area contributed by atoms with Gasteiger partial charge in [-0.2, -0.15) is 4.99 Å². The number of nitro benzene ring substituents is 1. The molecule has 30 heavy (non-hydrogen) atoms. The first-order valence-electron chi connectivity index (χ1n) is 9.18. The summed E-state index contributed by atoms with van der Waals surface area (Å²) in [6, 6.07) is 11.5. The number of amides is 1. The summed E-state index contributed by atoms with van der Waals surface area (Å²) in [4.78, 5) is 41.0. The second kappa shape index (κ2) is 9.68. The molecule has 2 aromatic carbocycles. The van der Waals surface area contributed by atoms with Gasteiger partial charge in [-0.15, -0.1) is 11.8 Å². The largest absolute Gasteiger partial charge is 0.465 e. The lowest BCUT2D eigenvalue weighted by atomic mass is 10.2. The summed E-state index contributed by atoms with van der Waals surface area (Å²) in [7, 11) is 0. The molecule has 0 aliphatic carbocycles. The average molecular weight is 446 g/mol. The molecule has 3 aromatic rings. The van der Waals surface area contributed by atoms with Crippen LogP contribution in [0, 0.1) is 10.1 Å². The molecule has 1 aromatic heterocycles. The molecule has 0 aliphatic rings. The Morgan fingerprint density at radius 2 is 2.00 bits per heavy atom. The van der Waals surface area contributed by atoms with Crippen molar-refractivity contribution in [3.05, 3.63) is 62.9 Å². The second-order valence-electron chi connectivity index (χ2n) is 6.03. The van der Waals surface area contributed by atoms with E-state index in [-0.39, 0.29) is 23.6 Å². The number of aromatic nitrogens is 1. The lowest BCUT2D eigenvalue weighted by Gasteiger charge is -2.06. The van der Waals surface area contributed by atoms with E-state index in [4.69, 9.17) is 4.74 Å². The van der Waals surface area contributed by atoms with E-state index in [0.29, 0.717) is 15.8 Å². The van der Waals surface area contributed by atoms with Crippen molar-refractivity contribution in [1.29, 1.82) is 0 Å². The van der Waals surface area contributed by atoms with E-state index >= 15 is 0 Å². The molecule has 0 saturated carbocycles. The van der Waals surface area contributed by atoms with Crippen molar-refractivity contribution in [3.63, 3.8) is 0 Å². The number of non-ortho nitro benzene ring substituents is 1. The van der Waals surface area contributed by atoms with Crippen LogP contribution in [0.5, 0.6) is 0 Å². The number of carbonyl (C=O) groups is 2. The standard InChI is InChI=1S/C20H19N3O5S2/c1-3-28-18(24)12-22-15-10-9-13(23(26)27)11-17(15)30-20(22)21-19(25)14-7-5-6-8-16(14)29-4-2/h5-11H,3-4,12H2,1-2H3. The predicted molar refractivity (Wildman–Crippen MR) is 116 cm³/mol. The molecule has 0 unspecified atom stereocenters. The number of nitro groups is 1. The van der Waals surface area contributed by atoms with Crippen LogP contribution in [0.2, 0.25) is 0 Å². The Hall–Kier alpha value is -2.98. The molecule has 0 radical (unpaired) electrons. The molecule has 1 amide bonds. The first-order chi connectivity index (χ1) is 14.4. The highest BCUT2D eigenvalue weighted by atomic mass is 32.2. The molecule has 156 valence electrons. The van der Waals surface area contributed by atoms with E-state index in [1.54, 1.807) is 29.7 Å². The Morgan fingerprint density at radius 1 is 1.23 bits per heavy atom. The van der Waals surface area contributed by atoms with Gasteiger partial charge in [-0.1, -0.05) is 30.4 Å². The molecular weight excluding hydrogens is 426 g/mol. The summed E-state index contributed by atoms with van der Waals surface area (Å²) in [5, 5.41) is 11.1. The Bertz CT molecular complexity index is 1180. The molecule has 3 rings (SSSR count). The van der Waals surface area contributed by atoms with Gasteiger partial charge in [0.1, 0.15) is 6.54 Å². The number of thioether (sulfide) groups is 1. The van der Waals surface area contributed by atoms with Gasteiger partial charge in [0.05, 0.1) is 27.3 Å². The Morgan fingerprint density at radius 3 is 2.70 bits per heavy atom. The number of hydrogen-bond acceptors (Lipinski definition) is 7. The Kier molecular flexibility index (Phi) is 7.01. The molecule has 8 nitrogen and oxygen atoms in total.